The van der Waals surface area contributed by atoms with Gasteiger partial charge in [0, 0.05) is 13.8 Å². The Morgan fingerprint density at radius 2 is 0.396 bits per heavy atom. The molecule has 38 N–H and O–H groups in total. The summed E-state index contributed by atoms with van der Waals surface area (Å²) in [4.78, 5) is 25.5. The van der Waals surface area contributed by atoms with Crippen LogP contribution in [-0.4, -0.2) is 643 Å². The number of aliphatic hydroxyl groups is 36. The second-order valence-electron chi connectivity index (χ2n) is 35.2. The van der Waals surface area contributed by atoms with E-state index in [1.54, 1.807) is 0 Å². The first-order chi connectivity index (χ1) is 65.9. The van der Waals surface area contributed by atoms with Crippen LogP contribution in [0.3, 0.4) is 0 Å². The fourth-order valence-electron chi connectivity index (χ4n) is 17.9. The van der Waals surface area contributed by atoms with Gasteiger partial charge in [-0.25, -0.2) is 0 Å². The molecule has 12 heterocycles. The highest BCUT2D eigenvalue weighted by atomic mass is 16.8. The van der Waals surface area contributed by atoms with Gasteiger partial charge in [0.15, 0.2) is 75.5 Å². The molecular weight excluding hydrogens is 1920 g/mol. The maximum Gasteiger partial charge on any atom is 0.217 e. The van der Waals surface area contributed by atoms with E-state index in [2.05, 4.69) is 10.6 Å². The van der Waals surface area contributed by atoms with Gasteiger partial charge < -0.3 is 303 Å². The standard InChI is InChI=1S/C76H128N2O61/c1-15(89)77-29-41(101)56(25(11-87)119-65(29)116)131-66-30(78-16(2)90)42(102)57(26(12-88)128-66)132-71-55(115)59(134-74-63(49(109)37(97)22(8-84)125-74)138-76-64(50(110)38(98)24(10-86)127-76)139-75-62(48(108)36(96)23(9-85)126-75)137-70-53(113)45(105)33(93)19(5-81)122-70)40(100)28(130-71)13-117-67-54(114)58(133-73-61(47(107)35(95)21(7-83)124-73)136-69-52(112)44(104)32(92)18(4-80)121-69)39(99)27(129-67)14-118-72-60(46(106)34(94)20(6-82)123-72)135-68-51(111)43(103)31(91)17(3-79)120-68/h17-76,79-88,91-116H,3-14H2,1-2H3,(H,77,89)(H,78,90)/t17-,18-,19-,20-,21-,22-,23-,24-,25-,26-,27-,28-,29-,30-,31-,32-,33-,34-,35-,36-,37-,38-,39-,40-,41-,42-,43+,44+,45+,46+,47+,48+,49+,50+,51+,52+,53+,54+,55+,56-,57-,58+,59+,60+,61+,62+,63+,64+,65-,66+,67+,68-,69-,70-,71+,72+,73-,74-,75-,76-/m1/s1. The molecule has 0 aromatic heterocycles. The molecule has 12 aliphatic heterocycles. The SMILES string of the molecule is CC(=O)N[C@@H]1[C@@H](O)[C@H](O[C@@H]2O[C@H](CO)[C@@H](O[C@@H]3O[C@H](CO[C@H]4O[C@H](CO[C@H]5O[C@H](CO)[C@@H](O)[C@H](O)[C@@H]5O[C@H]5O[C@H](CO)[C@@H](O)[C@H](O)[C@@H]5O)[C@@H](O)[C@H](O[C@H]5O[C@H](CO)[C@@H](O)[C@H](O)[C@@H]5O[C@H]5O[C@H](CO)[C@@H](O)[C@H](O)[C@@H]5O)[C@@H]4O)[C@@H](O)[C@H](O[C@H]4O[C@H](CO)[C@@H](O)[C@H](O)[C@@H]4O[C@H]4O[C@H](CO)[C@@H](O)[C@H](O)[C@@H]4O[C@H]4O[C@H](CO)[C@@H](O)[C@H](O)[C@@H]4O[C@H]4O[C@H](CO)[C@@H](O)[C@H](O)[C@@H]4O)[C@@H]3O)[C@H](O)[C@H]2NC(C)=O)[C@@H](CO)O[C@H]1O. The predicted octanol–water partition coefficient (Wildman–Crippen LogP) is -26.9. The number of carbonyl (C=O) groups is 2. The normalized spacial score (nSPS) is 51.9. The van der Waals surface area contributed by atoms with Crippen LogP contribution >= 0.6 is 0 Å². The van der Waals surface area contributed by atoms with Crippen molar-refractivity contribution in [2.24, 2.45) is 0 Å². The van der Waals surface area contributed by atoms with Crippen molar-refractivity contribution >= 4 is 11.8 Å². The van der Waals surface area contributed by atoms with E-state index in [9.17, 15) is 193 Å². The predicted molar refractivity (Wildman–Crippen MR) is 418 cm³/mol. The third kappa shape index (κ3) is 24.5. The molecule has 0 aromatic carbocycles. The lowest BCUT2D eigenvalue weighted by molar-refractivity contribution is -0.414. The van der Waals surface area contributed by atoms with Crippen molar-refractivity contribution in [2.75, 3.05) is 79.3 Å². The zero-order chi connectivity index (χ0) is 102. The molecule has 0 bridgehead atoms. The molecule has 0 aromatic rings. The highest BCUT2D eigenvalue weighted by molar-refractivity contribution is 5.73. The van der Waals surface area contributed by atoms with Crippen LogP contribution in [0.2, 0.25) is 0 Å². The molecule has 0 aliphatic carbocycles. The third-order valence-electron chi connectivity index (χ3n) is 25.9. The number of hydrogen-bond acceptors (Lipinski definition) is 61. The van der Waals surface area contributed by atoms with Crippen molar-refractivity contribution in [3.8, 4) is 0 Å². The van der Waals surface area contributed by atoms with Crippen LogP contribution in [0, 0.1) is 0 Å². The van der Waals surface area contributed by atoms with E-state index in [1.807, 2.05) is 0 Å². The van der Waals surface area contributed by atoms with Crippen molar-refractivity contribution in [1.82, 2.24) is 10.6 Å². The lowest BCUT2D eigenvalue weighted by Gasteiger charge is -2.51. The first-order valence-electron chi connectivity index (χ1n) is 44.2. The average Bonchev–Trinajstić information content (AvgIpc) is 0.758. The van der Waals surface area contributed by atoms with Crippen LogP contribution in [0.5, 0.6) is 0 Å². The minimum Gasteiger partial charge on any atom is -0.394 e. The Kier molecular flexibility index (Phi) is 41.0. The second-order valence-corrected chi connectivity index (χ2v) is 35.2. The average molecular weight is 2050 g/mol. The first kappa shape index (κ1) is 114. The number of ether oxygens (including phenoxy) is 23. The summed E-state index contributed by atoms with van der Waals surface area (Å²) < 4.78 is 136. The number of rotatable bonds is 36. The molecule has 12 saturated heterocycles. The summed E-state index contributed by atoms with van der Waals surface area (Å²) >= 11 is 0. The van der Waals surface area contributed by atoms with Crippen LogP contribution in [0.25, 0.3) is 0 Å². The maximum atomic E-state index is 13.2. The van der Waals surface area contributed by atoms with Crippen LogP contribution < -0.4 is 10.6 Å². The molecule has 12 fully saturated rings. The second kappa shape index (κ2) is 49.8. The van der Waals surface area contributed by atoms with E-state index >= 15 is 0 Å². The van der Waals surface area contributed by atoms with Gasteiger partial charge in [0.25, 0.3) is 0 Å². The zero-order valence-corrected chi connectivity index (χ0v) is 73.4. The van der Waals surface area contributed by atoms with Gasteiger partial charge in [-0.05, 0) is 0 Å². The number of nitrogens with one attached hydrogen (secondary N) is 2. The largest absolute Gasteiger partial charge is 0.394 e. The fraction of sp³-hybridized carbons (Fsp3) is 0.974. The van der Waals surface area contributed by atoms with E-state index in [1.165, 1.54) is 0 Å². The van der Waals surface area contributed by atoms with E-state index < -0.39 is 459 Å². The van der Waals surface area contributed by atoms with Gasteiger partial charge in [0.2, 0.25) is 11.8 Å². The molecule has 0 unspecified atom stereocenters. The van der Waals surface area contributed by atoms with E-state index in [-0.39, 0.29) is 0 Å². The Morgan fingerprint density at radius 3 is 0.712 bits per heavy atom. The molecule has 808 valence electrons. The van der Waals surface area contributed by atoms with Crippen molar-refractivity contribution in [2.45, 2.75) is 382 Å². The summed E-state index contributed by atoms with van der Waals surface area (Å²) in [6, 6.07) is -3.77. The van der Waals surface area contributed by atoms with Crippen LogP contribution in [-0.2, 0) is 119 Å². The molecule has 63 nitrogen and oxygen atoms in total. The van der Waals surface area contributed by atoms with E-state index in [0.29, 0.717) is 0 Å². The maximum absolute atomic E-state index is 13.2. The van der Waals surface area contributed by atoms with Crippen molar-refractivity contribution < 1.29 is 302 Å². The van der Waals surface area contributed by atoms with Crippen LogP contribution in [0.15, 0.2) is 0 Å². The van der Waals surface area contributed by atoms with Gasteiger partial charge in [-0.1, -0.05) is 0 Å². The molecule has 0 saturated carbocycles. The Morgan fingerprint density at radius 1 is 0.187 bits per heavy atom. The zero-order valence-electron chi connectivity index (χ0n) is 73.4. The lowest BCUT2D eigenvalue weighted by atomic mass is 9.94. The number of hydrogen-bond donors (Lipinski definition) is 38. The Labute approximate surface area is 784 Å². The monoisotopic (exact) mass is 2040 g/mol. The van der Waals surface area contributed by atoms with Crippen molar-refractivity contribution in [1.29, 1.82) is 0 Å². The van der Waals surface area contributed by atoms with Crippen LogP contribution in [0.1, 0.15) is 13.8 Å². The van der Waals surface area contributed by atoms with E-state index in [0.717, 1.165) is 13.8 Å². The molecule has 12 rings (SSSR count). The minimum absolute atomic E-state index is 0.842. The highest BCUT2D eigenvalue weighted by Crippen LogP contribution is 2.43. The summed E-state index contributed by atoms with van der Waals surface area (Å²) in [6.45, 7) is -12.5. The molecule has 0 spiro atoms. The molecule has 12 aliphatic rings. The summed E-state index contributed by atoms with van der Waals surface area (Å²) in [7, 11) is 0. The summed E-state index contributed by atoms with van der Waals surface area (Å²) in [6.07, 6.45) is -131. The van der Waals surface area contributed by atoms with Gasteiger partial charge in [-0.2, -0.15) is 0 Å². The minimum atomic E-state index is -2.76. The molecule has 0 radical (unpaired) electrons. The third-order valence-corrected chi connectivity index (χ3v) is 25.9. The lowest BCUT2D eigenvalue weighted by Crippen LogP contribution is -2.70. The summed E-state index contributed by atoms with van der Waals surface area (Å²) in [5, 5.41) is 408. The molecule has 139 heavy (non-hydrogen) atoms. The smallest absolute Gasteiger partial charge is 0.217 e. The molecule has 2 amide bonds. The summed E-state index contributed by atoms with van der Waals surface area (Å²) in [5.41, 5.74) is 0. The first-order valence-corrected chi connectivity index (χ1v) is 44.2. The highest BCUT2D eigenvalue weighted by Gasteiger charge is 2.64. The Hall–Kier alpha value is -3.42. The van der Waals surface area contributed by atoms with Gasteiger partial charge in [-0.3, -0.25) is 9.59 Å². The Balaban J connectivity index is 0.912. The number of amides is 2. The molecule has 63 heteroatoms. The Bertz CT molecular complexity index is 3730. The van der Waals surface area contributed by atoms with Crippen molar-refractivity contribution in [3.05, 3.63) is 0 Å². The van der Waals surface area contributed by atoms with Gasteiger partial charge in [0.05, 0.1) is 79.3 Å². The topological polar surface area (TPSA) is 999 Å². The van der Waals surface area contributed by atoms with Crippen molar-refractivity contribution in [3.63, 3.8) is 0 Å². The van der Waals surface area contributed by atoms with Gasteiger partial charge in [-0.15, -0.1) is 0 Å². The van der Waals surface area contributed by atoms with E-state index in [4.69, 9.17) is 109 Å². The van der Waals surface area contributed by atoms with Crippen LogP contribution in [0.4, 0.5) is 0 Å². The van der Waals surface area contributed by atoms with Gasteiger partial charge >= 0.3 is 0 Å². The summed E-state index contributed by atoms with van der Waals surface area (Å²) in [5.74, 6) is -1.86. The van der Waals surface area contributed by atoms with Gasteiger partial charge in [0.1, 0.15) is 293 Å². The number of aliphatic hydroxyl groups excluding tert-OH is 36. The fourth-order valence-corrected chi connectivity index (χ4v) is 17.9. The molecule has 60 atom stereocenters. The molecular formula is C76H128N2O61. The number of carbonyl (C=O) groups excluding carboxylic acids is 2. The quantitative estimate of drug-likeness (QED) is 0.0277.